The fraction of sp³-hybridized carbons (Fsp3) is 0.176. The maximum absolute atomic E-state index is 13.8. The molecule has 2 aromatic carbocycles. The van der Waals surface area contributed by atoms with Crippen LogP contribution in [0.5, 0.6) is 5.75 Å². The molecule has 3 rings (SSSR count). The topological polar surface area (TPSA) is 44.1 Å². The van der Waals surface area contributed by atoms with E-state index in [4.69, 9.17) is 4.74 Å². The lowest BCUT2D eigenvalue weighted by atomic mass is 10.2. The number of benzene rings is 2. The van der Waals surface area contributed by atoms with Crippen molar-refractivity contribution in [2.24, 2.45) is 0 Å². The summed E-state index contributed by atoms with van der Waals surface area (Å²) in [6.07, 6.45) is 0. The van der Waals surface area contributed by atoms with Crippen LogP contribution in [0.15, 0.2) is 47.3 Å². The van der Waals surface area contributed by atoms with Crippen molar-refractivity contribution in [1.29, 1.82) is 0 Å². The molecule has 0 aliphatic heterocycles. The van der Waals surface area contributed by atoms with Gasteiger partial charge >= 0.3 is 0 Å². The number of aryl methyl sites for hydroxylation is 1. The van der Waals surface area contributed by atoms with Gasteiger partial charge in [0, 0.05) is 0 Å². The number of halogens is 1. The van der Waals surface area contributed by atoms with E-state index in [0.29, 0.717) is 22.3 Å². The Balaban J connectivity index is 2.07. The number of ether oxygens (including phenoxy) is 1. The predicted molar refractivity (Wildman–Crippen MR) is 82.8 cm³/mol. The predicted octanol–water partition coefficient (Wildman–Crippen LogP) is 2.90. The van der Waals surface area contributed by atoms with E-state index < -0.39 is 5.82 Å². The highest BCUT2D eigenvalue weighted by Crippen LogP contribution is 2.18. The smallest absolute Gasteiger partial charge is 0.261 e. The minimum atomic E-state index is -0.445. The zero-order chi connectivity index (χ0) is 15.7. The third kappa shape index (κ3) is 2.45. The lowest BCUT2D eigenvalue weighted by molar-refractivity contribution is 0.386. The van der Waals surface area contributed by atoms with Crippen LogP contribution in [-0.4, -0.2) is 16.7 Å². The first-order valence-electron chi connectivity index (χ1n) is 6.89. The Morgan fingerprint density at radius 3 is 2.73 bits per heavy atom. The molecular weight excluding hydrogens is 283 g/mol. The van der Waals surface area contributed by atoms with Crippen molar-refractivity contribution in [3.8, 4) is 5.75 Å². The van der Waals surface area contributed by atoms with E-state index in [1.54, 1.807) is 41.8 Å². The average molecular weight is 298 g/mol. The van der Waals surface area contributed by atoms with Gasteiger partial charge < -0.3 is 4.74 Å². The Kier molecular flexibility index (Phi) is 3.63. The molecule has 3 aromatic rings. The summed E-state index contributed by atoms with van der Waals surface area (Å²) in [5.74, 6) is 0.337. The van der Waals surface area contributed by atoms with Gasteiger partial charge in [-0.05, 0) is 36.8 Å². The minimum absolute atomic E-state index is 0.126. The van der Waals surface area contributed by atoms with Gasteiger partial charge in [0.15, 0.2) is 11.6 Å². The maximum Gasteiger partial charge on any atom is 0.261 e. The zero-order valence-corrected chi connectivity index (χ0v) is 12.3. The molecule has 0 unspecified atom stereocenters. The van der Waals surface area contributed by atoms with Gasteiger partial charge in [-0.15, -0.1) is 0 Å². The molecule has 0 atom stereocenters. The molecule has 112 valence electrons. The molecule has 0 saturated heterocycles. The minimum Gasteiger partial charge on any atom is -0.494 e. The standard InChI is InChI=1S/C17H15FN2O2/c1-11-19-15-6-4-3-5-13(15)17(21)20(11)10-12-7-8-16(22-2)14(18)9-12/h3-9H,10H2,1-2H3. The number of aromatic nitrogens is 2. The lowest BCUT2D eigenvalue weighted by Gasteiger charge is -2.11. The third-order valence-corrected chi connectivity index (χ3v) is 3.61. The van der Waals surface area contributed by atoms with Crippen LogP contribution in [0, 0.1) is 12.7 Å². The summed E-state index contributed by atoms with van der Waals surface area (Å²) in [4.78, 5) is 17.0. The van der Waals surface area contributed by atoms with Gasteiger partial charge in [-0.2, -0.15) is 0 Å². The molecule has 0 aliphatic rings. The molecule has 22 heavy (non-hydrogen) atoms. The molecule has 0 radical (unpaired) electrons. The van der Waals surface area contributed by atoms with Crippen LogP contribution < -0.4 is 10.3 Å². The molecule has 0 bridgehead atoms. The number of fused-ring (bicyclic) bond motifs is 1. The summed E-state index contributed by atoms with van der Waals surface area (Å²) in [7, 11) is 1.42. The van der Waals surface area contributed by atoms with Crippen LogP contribution in [0.25, 0.3) is 10.9 Å². The Morgan fingerprint density at radius 1 is 1.23 bits per heavy atom. The second kappa shape index (κ2) is 5.60. The first kappa shape index (κ1) is 14.3. The van der Waals surface area contributed by atoms with Crippen molar-refractivity contribution >= 4 is 10.9 Å². The monoisotopic (exact) mass is 298 g/mol. The first-order valence-corrected chi connectivity index (χ1v) is 6.89. The molecule has 5 heteroatoms. The van der Waals surface area contributed by atoms with Crippen LogP contribution >= 0.6 is 0 Å². The second-order valence-corrected chi connectivity index (χ2v) is 5.04. The van der Waals surface area contributed by atoms with Crippen molar-refractivity contribution in [1.82, 2.24) is 9.55 Å². The van der Waals surface area contributed by atoms with E-state index in [-0.39, 0.29) is 17.9 Å². The molecule has 1 heterocycles. The van der Waals surface area contributed by atoms with E-state index in [1.807, 2.05) is 6.07 Å². The fourth-order valence-electron chi connectivity index (χ4n) is 2.46. The highest BCUT2D eigenvalue weighted by Gasteiger charge is 2.10. The van der Waals surface area contributed by atoms with E-state index >= 15 is 0 Å². The summed E-state index contributed by atoms with van der Waals surface area (Å²) in [6, 6.07) is 11.9. The van der Waals surface area contributed by atoms with Gasteiger partial charge in [0.05, 0.1) is 24.6 Å². The van der Waals surface area contributed by atoms with Crippen molar-refractivity contribution in [2.75, 3.05) is 7.11 Å². The number of hydrogen-bond acceptors (Lipinski definition) is 3. The largest absolute Gasteiger partial charge is 0.494 e. The lowest BCUT2D eigenvalue weighted by Crippen LogP contribution is -2.24. The average Bonchev–Trinajstić information content (AvgIpc) is 2.51. The zero-order valence-electron chi connectivity index (χ0n) is 12.3. The number of hydrogen-bond donors (Lipinski definition) is 0. The van der Waals surface area contributed by atoms with Crippen molar-refractivity contribution in [2.45, 2.75) is 13.5 Å². The first-order chi connectivity index (χ1) is 10.6. The van der Waals surface area contributed by atoms with E-state index in [2.05, 4.69) is 4.98 Å². The molecule has 0 amide bonds. The number of para-hydroxylation sites is 1. The van der Waals surface area contributed by atoms with Crippen LogP contribution in [0.2, 0.25) is 0 Å². The number of methoxy groups -OCH3 is 1. The van der Waals surface area contributed by atoms with Crippen molar-refractivity contribution in [3.63, 3.8) is 0 Å². The summed E-state index contributed by atoms with van der Waals surface area (Å²) in [5.41, 5.74) is 1.22. The van der Waals surface area contributed by atoms with Crippen LogP contribution in [-0.2, 0) is 6.54 Å². The molecule has 0 aliphatic carbocycles. The van der Waals surface area contributed by atoms with Gasteiger partial charge in [0.25, 0.3) is 5.56 Å². The fourth-order valence-corrected chi connectivity index (χ4v) is 2.46. The Hall–Kier alpha value is -2.69. The van der Waals surface area contributed by atoms with Gasteiger partial charge in [0.1, 0.15) is 5.82 Å². The van der Waals surface area contributed by atoms with Crippen molar-refractivity contribution < 1.29 is 9.13 Å². The summed E-state index contributed by atoms with van der Waals surface area (Å²) in [6.45, 7) is 2.04. The highest BCUT2D eigenvalue weighted by atomic mass is 19.1. The highest BCUT2D eigenvalue weighted by molar-refractivity contribution is 5.77. The molecule has 0 saturated carbocycles. The quantitative estimate of drug-likeness (QED) is 0.747. The Bertz CT molecular complexity index is 903. The number of nitrogens with zero attached hydrogens (tertiary/aromatic N) is 2. The third-order valence-electron chi connectivity index (χ3n) is 3.61. The maximum atomic E-state index is 13.8. The van der Waals surface area contributed by atoms with E-state index in [0.717, 1.165) is 0 Å². The van der Waals surface area contributed by atoms with Gasteiger partial charge in [-0.3, -0.25) is 9.36 Å². The summed E-state index contributed by atoms with van der Waals surface area (Å²) >= 11 is 0. The summed E-state index contributed by atoms with van der Waals surface area (Å²) in [5, 5.41) is 0.557. The summed E-state index contributed by atoms with van der Waals surface area (Å²) < 4.78 is 20.2. The molecule has 1 aromatic heterocycles. The Labute approximate surface area is 126 Å². The van der Waals surface area contributed by atoms with Gasteiger partial charge in [-0.1, -0.05) is 18.2 Å². The van der Waals surface area contributed by atoms with Crippen molar-refractivity contribution in [3.05, 3.63) is 70.0 Å². The molecule has 4 nitrogen and oxygen atoms in total. The van der Waals surface area contributed by atoms with Crippen LogP contribution in [0.4, 0.5) is 4.39 Å². The van der Waals surface area contributed by atoms with E-state index in [1.165, 1.54) is 13.2 Å². The SMILES string of the molecule is COc1ccc(Cn2c(C)nc3ccccc3c2=O)cc1F. The van der Waals surface area contributed by atoms with Gasteiger partial charge in [-0.25, -0.2) is 9.37 Å². The van der Waals surface area contributed by atoms with Gasteiger partial charge in [0.2, 0.25) is 0 Å². The molecule has 0 spiro atoms. The normalized spacial score (nSPS) is 10.9. The molecule has 0 fully saturated rings. The van der Waals surface area contributed by atoms with Crippen LogP contribution in [0.3, 0.4) is 0 Å². The van der Waals surface area contributed by atoms with E-state index in [9.17, 15) is 9.18 Å². The Morgan fingerprint density at radius 2 is 2.00 bits per heavy atom. The number of rotatable bonds is 3. The second-order valence-electron chi connectivity index (χ2n) is 5.04. The molecule has 0 N–H and O–H groups in total. The molecular formula is C17H15FN2O2. The van der Waals surface area contributed by atoms with Crippen LogP contribution in [0.1, 0.15) is 11.4 Å².